The molecule has 0 spiro atoms. The Morgan fingerprint density at radius 3 is 2.50 bits per heavy atom. The number of aromatic nitrogens is 2. The van der Waals surface area contributed by atoms with E-state index in [4.69, 9.17) is 0 Å². The molecule has 3 heterocycles. The van der Waals surface area contributed by atoms with Crippen molar-refractivity contribution in [2.24, 2.45) is 0 Å². The van der Waals surface area contributed by atoms with Crippen LogP contribution < -0.4 is 0 Å². The second-order valence-corrected chi connectivity index (χ2v) is 6.70. The Hall–Kier alpha value is -3.29. The molecule has 0 atom stereocenters. The van der Waals surface area contributed by atoms with Gasteiger partial charge in [-0.25, -0.2) is 0 Å². The number of carbonyl (C=O) groups excluding carboxylic acids is 3. The largest absolute Gasteiger partial charge is 0.342 e. The lowest BCUT2D eigenvalue weighted by Crippen LogP contribution is -2.48. The van der Waals surface area contributed by atoms with Crippen LogP contribution >= 0.6 is 0 Å². The van der Waals surface area contributed by atoms with E-state index in [1.807, 2.05) is 12.1 Å². The molecule has 3 amide bonds. The fraction of sp³-hybridized carbons (Fsp3) is 0.350. The molecular weight excluding hydrogens is 358 g/mol. The van der Waals surface area contributed by atoms with Crippen LogP contribution in [0.5, 0.6) is 0 Å². The summed E-state index contributed by atoms with van der Waals surface area (Å²) in [5, 5.41) is 0. The van der Waals surface area contributed by atoms with Crippen molar-refractivity contribution in [1.82, 2.24) is 24.7 Å². The van der Waals surface area contributed by atoms with E-state index in [0.29, 0.717) is 38.3 Å². The number of nitrogens with zero attached hydrogens (tertiary/aromatic N) is 5. The van der Waals surface area contributed by atoms with E-state index in [2.05, 4.69) is 9.97 Å². The summed E-state index contributed by atoms with van der Waals surface area (Å²) in [6.07, 6.45) is 6.46. The first-order valence-corrected chi connectivity index (χ1v) is 9.17. The van der Waals surface area contributed by atoms with E-state index in [1.165, 1.54) is 6.20 Å². The van der Waals surface area contributed by atoms with Crippen LogP contribution in [0.25, 0.3) is 0 Å². The number of amides is 3. The predicted octanol–water partition coefficient (Wildman–Crippen LogP) is 0.706. The van der Waals surface area contributed by atoms with Crippen LogP contribution in [-0.4, -0.2) is 82.7 Å². The molecule has 2 aromatic rings. The lowest BCUT2D eigenvalue weighted by atomic mass is 10.1. The number of hydrogen-bond acceptors (Lipinski definition) is 5. The van der Waals surface area contributed by atoms with Crippen LogP contribution in [0, 0.1) is 0 Å². The van der Waals surface area contributed by atoms with Crippen molar-refractivity contribution in [2.75, 3.05) is 39.8 Å². The third-order valence-electron chi connectivity index (χ3n) is 4.81. The van der Waals surface area contributed by atoms with Crippen molar-refractivity contribution in [3.05, 3.63) is 59.7 Å². The molecule has 28 heavy (non-hydrogen) atoms. The van der Waals surface area contributed by atoms with Gasteiger partial charge in [-0.2, -0.15) is 0 Å². The summed E-state index contributed by atoms with van der Waals surface area (Å²) >= 11 is 0. The molecule has 3 rings (SSSR count). The van der Waals surface area contributed by atoms with Gasteiger partial charge in [0.1, 0.15) is 5.69 Å². The lowest BCUT2D eigenvalue weighted by Gasteiger charge is -2.32. The van der Waals surface area contributed by atoms with Crippen LogP contribution in [0.4, 0.5) is 0 Å². The second-order valence-electron chi connectivity index (χ2n) is 6.70. The highest BCUT2D eigenvalue weighted by Crippen LogP contribution is 2.11. The molecule has 146 valence electrons. The smallest absolute Gasteiger partial charge is 0.272 e. The SMILES string of the molecule is CN(CCc1ccncc1)C(=O)c1ccnc(C(=O)N2CCN(C=O)CC2)c1. The predicted molar refractivity (Wildman–Crippen MR) is 103 cm³/mol. The Kier molecular flexibility index (Phi) is 6.31. The van der Waals surface area contributed by atoms with E-state index < -0.39 is 0 Å². The van der Waals surface area contributed by atoms with Crippen molar-refractivity contribution in [1.29, 1.82) is 0 Å². The van der Waals surface area contributed by atoms with E-state index in [-0.39, 0.29) is 17.5 Å². The zero-order valence-corrected chi connectivity index (χ0v) is 15.8. The van der Waals surface area contributed by atoms with Crippen LogP contribution in [-0.2, 0) is 11.2 Å². The van der Waals surface area contributed by atoms with Gasteiger partial charge in [0.2, 0.25) is 6.41 Å². The molecule has 0 saturated carbocycles. The topological polar surface area (TPSA) is 86.7 Å². The minimum atomic E-state index is -0.223. The summed E-state index contributed by atoms with van der Waals surface area (Å²) < 4.78 is 0. The van der Waals surface area contributed by atoms with Gasteiger partial charge in [0.15, 0.2) is 0 Å². The highest BCUT2D eigenvalue weighted by Gasteiger charge is 2.23. The van der Waals surface area contributed by atoms with Gasteiger partial charge in [-0.1, -0.05) is 0 Å². The van der Waals surface area contributed by atoms with Crippen LogP contribution in [0.3, 0.4) is 0 Å². The van der Waals surface area contributed by atoms with Crippen molar-refractivity contribution >= 4 is 18.2 Å². The highest BCUT2D eigenvalue weighted by molar-refractivity contribution is 5.98. The Morgan fingerprint density at radius 2 is 1.82 bits per heavy atom. The number of hydrogen-bond donors (Lipinski definition) is 0. The fourth-order valence-corrected chi connectivity index (χ4v) is 3.04. The molecule has 0 N–H and O–H groups in total. The summed E-state index contributed by atoms with van der Waals surface area (Å²) in [6.45, 7) is 2.49. The van der Waals surface area contributed by atoms with E-state index in [0.717, 1.165) is 18.4 Å². The number of carbonyl (C=O) groups is 3. The molecule has 1 aliphatic rings. The zero-order chi connectivity index (χ0) is 19.9. The average Bonchev–Trinajstić information content (AvgIpc) is 2.77. The molecule has 0 unspecified atom stereocenters. The first kappa shape index (κ1) is 19.5. The maximum atomic E-state index is 12.7. The molecule has 1 fully saturated rings. The molecular formula is C20H23N5O3. The van der Waals surface area contributed by atoms with Crippen LogP contribution in [0.2, 0.25) is 0 Å². The number of likely N-dealkylation sites (N-methyl/N-ethyl adjacent to an activating group) is 1. The van der Waals surface area contributed by atoms with Gasteiger partial charge in [0.05, 0.1) is 0 Å². The Bertz CT molecular complexity index is 835. The van der Waals surface area contributed by atoms with Crippen molar-refractivity contribution in [3.63, 3.8) is 0 Å². The first-order valence-electron chi connectivity index (χ1n) is 9.17. The molecule has 0 radical (unpaired) electrons. The minimum Gasteiger partial charge on any atom is -0.342 e. The third kappa shape index (κ3) is 4.70. The Morgan fingerprint density at radius 1 is 1.11 bits per heavy atom. The Balaban J connectivity index is 1.62. The van der Waals surface area contributed by atoms with Crippen molar-refractivity contribution < 1.29 is 14.4 Å². The fourth-order valence-electron chi connectivity index (χ4n) is 3.04. The summed E-state index contributed by atoms with van der Waals surface area (Å²) in [5.74, 6) is -0.379. The summed E-state index contributed by atoms with van der Waals surface area (Å²) in [6, 6.07) is 7.00. The average molecular weight is 381 g/mol. The lowest BCUT2D eigenvalue weighted by molar-refractivity contribution is -0.119. The molecule has 0 aliphatic carbocycles. The summed E-state index contributed by atoms with van der Waals surface area (Å²) in [4.78, 5) is 49.2. The van der Waals surface area contributed by atoms with Gasteiger partial charge in [-0.3, -0.25) is 24.4 Å². The summed E-state index contributed by atoms with van der Waals surface area (Å²) in [5.41, 5.74) is 1.78. The van der Waals surface area contributed by atoms with Gasteiger partial charge >= 0.3 is 0 Å². The quantitative estimate of drug-likeness (QED) is 0.688. The second kappa shape index (κ2) is 9.07. The van der Waals surface area contributed by atoms with E-state index in [1.54, 1.807) is 46.3 Å². The van der Waals surface area contributed by atoms with Gasteiger partial charge < -0.3 is 14.7 Å². The first-order chi connectivity index (χ1) is 13.6. The van der Waals surface area contributed by atoms with Crippen LogP contribution in [0.15, 0.2) is 42.9 Å². The molecule has 0 bridgehead atoms. The standard InChI is InChI=1S/C20H23N5O3/c1-23(9-5-16-2-6-21-7-3-16)19(27)17-4-8-22-18(14-17)20(28)25-12-10-24(15-26)11-13-25/h2-4,6-8,14-15H,5,9-13H2,1H3. The van der Waals surface area contributed by atoms with E-state index >= 15 is 0 Å². The van der Waals surface area contributed by atoms with Crippen LogP contribution in [0.1, 0.15) is 26.4 Å². The van der Waals surface area contributed by atoms with Gasteiger partial charge in [-0.05, 0) is 36.2 Å². The van der Waals surface area contributed by atoms with Gasteiger partial charge in [-0.15, -0.1) is 0 Å². The normalized spacial score (nSPS) is 13.9. The summed E-state index contributed by atoms with van der Waals surface area (Å²) in [7, 11) is 1.74. The van der Waals surface area contributed by atoms with Crippen molar-refractivity contribution in [3.8, 4) is 0 Å². The van der Waals surface area contributed by atoms with Crippen molar-refractivity contribution in [2.45, 2.75) is 6.42 Å². The molecule has 0 aromatic carbocycles. The highest BCUT2D eigenvalue weighted by atomic mass is 16.2. The number of piperazine rings is 1. The number of pyridine rings is 2. The molecule has 1 saturated heterocycles. The van der Waals surface area contributed by atoms with Gasteiger partial charge in [0.25, 0.3) is 11.8 Å². The minimum absolute atomic E-state index is 0.156. The maximum absolute atomic E-state index is 12.7. The maximum Gasteiger partial charge on any atom is 0.272 e. The number of rotatable bonds is 6. The third-order valence-corrected chi connectivity index (χ3v) is 4.81. The molecule has 8 heteroatoms. The van der Waals surface area contributed by atoms with E-state index in [9.17, 15) is 14.4 Å². The molecule has 8 nitrogen and oxygen atoms in total. The Labute approximate surface area is 163 Å². The molecule has 2 aromatic heterocycles. The molecule has 1 aliphatic heterocycles. The van der Waals surface area contributed by atoms with Gasteiger partial charge in [0, 0.05) is 63.9 Å². The monoisotopic (exact) mass is 381 g/mol. The zero-order valence-electron chi connectivity index (χ0n) is 15.8.